The van der Waals surface area contributed by atoms with Crippen molar-refractivity contribution < 1.29 is 26.7 Å². The molecule has 0 saturated carbocycles. The van der Waals surface area contributed by atoms with Crippen molar-refractivity contribution in [3.63, 3.8) is 0 Å². The van der Waals surface area contributed by atoms with E-state index in [1.54, 1.807) is 0 Å². The first-order chi connectivity index (χ1) is 9.38. The van der Waals surface area contributed by atoms with E-state index in [1.807, 2.05) is 0 Å². The third-order valence-corrected chi connectivity index (χ3v) is 2.88. The molecule has 0 spiro atoms. The van der Waals surface area contributed by atoms with Crippen LogP contribution in [0.5, 0.6) is 5.75 Å². The molecule has 2 aromatic carbocycles. The lowest BCUT2D eigenvalue weighted by Gasteiger charge is -2.12. The van der Waals surface area contributed by atoms with E-state index in [2.05, 4.69) is 0 Å². The Kier molecular flexibility index (Phi) is 3.85. The van der Waals surface area contributed by atoms with E-state index in [9.17, 15) is 22.0 Å². The van der Waals surface area contributed by atoms with Gasteiger partial charge in [0.15, 0.2) is 23.3 Å². The molecule has 7 heteroatoms. The lowest BCUT2D eigenvalue weighted by Crippen LogP contribution is -2.04. The number of ether oxygens (including phenoxy) is 1. The molecule has 0 aromatic heterocycles. The molecular formula is C13H6ClF5O. The highest BCUT2D eigenvalue weighted by atomic mass is 35.5. The molecule has 0 aliphatic rings. The monoisotopic (exact) mass is 308 g/mol. The minimum atomic E-state index is -2.22. The summed E-state index contributed by atoms with van der Waals surface area (Å²) in [6.07, 6.45) is 0. The van der Waals surface area contributed by atoms with Crippen LogP contribution in [-0.4, -0.2) is 7.11 Å². The smallest absolute Gasteiger partial charge is 0.200 e. The van der Waals surface area contributed by atoms with Crippen LogP contribution in [0.1, 0.15) is 0 Å². The van der Waals surface area contributed by atoms with E-state index in [4.69, 9.17) is 16.3 Å². The number of hydrogen-bond donors (Lipinski definition) is 0. The van der Waals surface area contributed by atoms with Crippen LogP contribution in [0, 0.1) is 29.1 Å². The standard InChI is InChI=1S/C13H6ClF5O/c1-20-7-3-2-5(14)4-6(7)8-9(15)11(17)13(19)12(18)10(8)16/h2-4H,1H3. The van der Waals surface area contributed by atoms with E-state index in [-0.39, 0.29) is 16.3 Å². The quantitative estimate of drug-likeness (QED) is 0.443. The molecule has 0 atom stereocenters. The van der Waals surface area contributed by atoms with Crippen LogP contribution >= 0.6 is 11.6 Å². The summed E-state index contributed by atoms with van der Waals surface area (Å²) in [5, 5.41) is 0.0599. The highest BCUT2D eigenvalue weighted by molar-refractivity contribution is 6.31. The molecule has 0 heterocycles. The first-order valence-electron chi connectivity index (χ1n) is 5.23. The maximum Gasteiger partial charge on any atom is 0.200 e. The minimum absolute atomic E-state index is 0.0599. The van der Waals surface area contributed by atoms with Gasteiger partial charge in [-0.2, -0.15) is 0 Å². The van der Waals surface area contributed by atoms with Gasteiger partial charge >= 0.3 is 0 Å². The molecular weight excluding hydrogens is 303 g/mol. The lowest BCUT2D eigenvalue weighted by molar-refractivity contribution is 0.379. The topological polar surface area (TPSA) is 9.23 Å². The molecule has 0 N–H and O–H groups in total. The summed E-state index contributed by atoms with van der Waals surface area (Å²) in [5.74, 6) is -10.2. The SMILES string of the molecule is COc1ccc(Cl)cc1-c1c(F)c(F)c(F)c(F)c1F. The molecule has 106 valence electrons. The van der Waals surface area contributed by atoms with Gasteiger partial charge in [-0.25, -0.2) is 22.0 Å². The molecule has 20 heavy (non-hydrogen) atoms. The summed E-state index contributed by atoms with van der Waals surface area (Å²) in [6.45, 7) is 0. The third kappa shape index (κ3) is 2.20. The van der Waals surface area contributed by atoms with Gasteiger partial charge < -0.3 is 4.74 Å². The van der Waals surface area contributed by atoms with E-state index in [1.165, 1.54) is 19.2 Å². The zero-order valence-corrected chi connectivity index (χ0v) is 10.7. The van der Waals surface area contributed by atoms with Crippen molar-refractivity contribution in [2.24, 2.45) is 0 Å². The Morgan fingerprint density at radius 3 is 1.85 bits per heavy atom. The Balaban J connectivity index is 2.86. The van der Waals surface area contributed by atoms with Crippen LogP contribution in [0.25, 0.3) is 11.1 Å². The summed E-state index contributed by atoms with van der Waals surface area (Å²) in [5.41, 5.74) is -1.41. The predicted octanol–water partition coefficient (Wildman–Crippen LogP) is 4.71. The van der Waals surface area contributed by atoms with Gasteiger partial charge in [0.1, 0.15) is 5.75 Å². The molecule has 0 radical (unpaired) electrons. The van der Waals surface area contributed by atoms with Gasteiger partial charge in [0.2, 0.25) is 5.82 Å². The predicted molar refractivity (Wildman–Crippen MR) is 63.2 cm³/mol. The highest BCUT2D eigenvalue weighted by Crippen LogP contribution is 2.38. The number of rotatable bonds is 2. The normalized spacial score (nSPS) is 10.8. The molecule has 0 bridgehead atoms. The highest BCUT2D eigenvalue weighted by Gasteiger charge is 2.28. The molecule has 0 aliphatic heterocycles. The van der Waals surface area contributed by atoms with Crippen LogP contribution in [-0.2, 0) is 0 Å². The van der Waals surface area contributed by atoms with Gasteiger partial charge in [-0.05, 0) is 18.2 Å². The van der Waals surface area contributed by atoms with Crippen LogP contribution < -0.4 is 4.74 Å². The maximum absolute atomic E-state index is 13.7. The van der Waals surface area contributed by atoms with Crippen LogP contribution in [0.2, 0.25) is 5.02 Å². The van der Waals surface area contributed by atoms with Crippen molar-refractivity contribution in [2.75, 3.05) is 7.11 Å². The van der Waals surface area contributed by atoms with Crippen molar-refractivity contribution >= 4 is 11.6 Å². The first-order valence-corrected chi connectivity index (χ1v) is 5.61. The zero-order valence-electron chi connectivity index (χ0n) is 9.91. The molecule has 0 amide bonds. The Bertz CT molecular complexity index is 658. The summed E-state index contributed by atoms with van der Waals surface area (Å²) in [7, 11) is 1.19. The Labute approximate surface area is 115 Å². The number of benzene rings is 2. The summed E-state index contributed by atoms with van der Waals surface area (Å²) < 4.78 is 71.6. The van der Waals surface area contributed by atoms with Crippen molar-refractivity contribution in [3.05, 3.63) is 52.3 Å². The van der Waals surface area contributed by atoms with Crippen LogP contribution in [0.15, 0.2) is 18.2 Å². The van der Waals surface area contributed by atoms with Crippen molar-refractivity contribution in [1.29, 1.82) is 0 Å². The summed E-state index contributed by atoms with van der Waals surface area (Å²) in [4.78, 5) is 0. The molecule has 1 nitrogen and oxygen atoms in total. The Hall–Kier alpha value is -1.82. The lowest BCUT2D eigenvalue weighted by atomic mass is 10.0. The Morgan fingerprint density at radius 2 is 1.35 bits per heavy atom. The molecule has 0 aliphatic carbocycles. The Morgan fingerprint density at radius 1 is 0.850 bits per heavy atom. The maximum atomic E-state index is 13.7. The molecule has 0 unspecified atom stereocenters. The van der Waals surface area contributed by atoms with Gasteiger partial charge in [0.05, 0.1) is 12.7 Å². The second kappa shape index (κ2) is 5.28. The molecule has 2 rings (SSSR count). The zero-order chi connectivity index (χ0) is 15.0. The van der Waals surface area contributed by atoms with Gasteiger partial charge in [-0.15, -0.1) is 0 Å². The molecule has 2 aromatic rings. The fourth-order valence-electron chi connectivity index (χ4n) is 1.72. The van der Waals surface area contributed by atoms with Gasteiger partial charge in [0.25, 0.3) is 0 Å². The number of halogens is 6. The summed E-state index contributed by atoms with van der Waals surface area (Å²) in [6, 6.07) is 3.67. The van der Waals surface area contributed by atoms with E-state index >= 15 is 0 Å². The third-order valence-electron chi connectivity index (χ3n) is 2.64. The number of methoxy groups -OCH3 is 1. The molecule has 0 fully saturated rings. The minimum Gasteiger partial charge on any atom is -0.496 e. The van der Waals surface area contributed by atoms with E-state index < -0.39 is 34.6 Å². The first kappa shape index (κ1) is 14.6. The fourth-order valence-corrected chi connectivity index (χ4v) is 1.89. The van der Waals surface area contributed by atoms with E-state index in [0.717, 1.165) is 6.07 Å². The fraction of sp³-hybridized carbons (Fsp3) is 0.0769. The summed E-state index contributed by atoms with van der Waals surface area (Å²) >= 11 is 5.68. The van der Waals surface area contributed by atoms with E-state index in [0.29, 0.717) is 0 Å². The van der Waals surface area contributed by atoms with Gasteiger partial charge in [-0.3, -0.25) is 0 Å². The van der Waals surface area contributed by atoms with Crippen molar-refractivity contribution in [2.45, 2.75) is 0 Å². The van der Waals surface area contributed by atoms with Crippen molar-refractivity contribution in [3.8, 4) is 16.9 Å². The average molecular weight is 309 g/mol. The van der Waals surface area contributed by atoms with Crippen molar-refractivity contribution in [1.82, 2.24) is 0 Å². The largest absolute Gasteiger partial charge is 0.496 e. The second-order valence-electron chi connectivity index (χ2n) is 3.79. The van der Waals surface area contributed by atoms with Gasteiger partial charge in [0, 0.05) is 10.6 Å². The molecule has 0 saturated heterocycles. The number of hydrogen-bond acceptors (Lipinski definition) is 1. The van der Waals surface area contributed by atoms with Gasteiger partial charge in [-0.1, -0.05) is 11.6 Å². The second-order valence-corrected chi connectivity index (χ2v) is 4.23. The van der Waals surface area contributed by atoms with Crippen LogP contribution in [0.4, 0.5) is 22.0 Å². The average Bonchev–Trinajstić information content (AvgIpc) is 2.43. The van der Waals surface area contributed by atoms with Crippen LogP contribution in [0.3, 0.4) is 0 Å².